The predicted octanol–water partition coefficient (Wildman–Crippen LogP) is 1.38. The average Bonchev–Trinajstić information content (AvgIpc) is 2.67. The minimum Gasteiger partial charge on any atom is -0.364 e. The summed E-state index contributed by atoms with van der Waals surface area (Å²) >= 11 is 0. The van der Waals surface area contributed by atoms with Crippen LogP contribution in [0.25, 0.3) is 0 Å². The molecule has 0 aliphatic carbocycles. The molecule has 72 valence electrons. The third-order valence-electron chi connectivity index (χ3n) is 3.25. The smallest absolute Gasteiger partial charge is 0.224 e. The fourth-order valence-corrected chi connectivity index (χ4v) is 2.46. The highest BCUT2D eigenvalue weighted by Crippen LogP contribution is 2.42. The van der Waals surface area contributed by atoms with Gasteiger partial charge in [0.25, 0.3) is 0 Å². The SMILES string of the molecule is CN1C(=O)C[C@H]2c3ccccc3N[C@H]21. The van der Waals surface area contributed by atoms with E-state index >= 15 is 0 Å². The molecule has 0 bridgehead atoms. The van der Waals surface area contributed by atoms with Gasteiger partial charge in [0, 0.05) is 25.1 Å². The van der Waals surface area contributed by atoms with Gasteiger partial charge in [0.2, 0.25) is 5.91 Å². The van der Waals surface area contributed by atoms with Gasteiger partial charge in [-0.25, -0.2) is 0 Å². The van der Waals surface area contributed by atoms with E-state index in [9.17, 15) is 4.79 Å². The normalized spacial score (nSPS) is 28.6. The third-order valence-corrected chi connectivity index (χ3v) is 3.25. The van der Waals surface area contributed by atoms with Crippen LogP contribution in [0.4, 0.5) is 5.69 Å². The van der Waals surface area contributed by atoms with Crippen LogP contribution in [0.15, 0.2) is 24.3 Å². The summed E-state index contributed by atoms with van der Waals surface area (Å²) < 4.78 is 0. The summed E-state index contributed by atoms with van der Waals surface area (Å²) in [6.45, 7) is 0. The molecule has 1 fully saturated rings. The molecule has 2 atom stereocenters. The van der Waals surface area contributed by atoms with Gasteiger partial charge in [-0.2, -0.15) is 0 Å². The zero-order valence-corrected chi connectivity index (χ0v) is 8.03. The summed E-state index contributed by atoms with van der Waals surface area (Å²) in [5.41, 5.74) is 2.47. The first kappa shape index (κ1) is 7.85. The number of nitrogens with zero attached hydrogens (tertiary/aromatic N) is 1. The van der Waals surface area contributed by atoms with Crippen LogP contribution in [-0.4, -0.2) is 24.0 Å². The van der Waals surface area contributed by atoms with Crippen molar-refractivity contribution in [2.75, 3.05) is 12.4 Å². The molecule has 14 heavy (non-hydrogen) atoms. The number of nitrogens with one attached hydrogen (secondary N) is 1. The van der Waals surface area contributed by atoms with Crippen LogP contribution >= 0.6 is 0 Å². The zero-order chi connectivity index (χ0) is 9.71. The molecule has 1 amide bonds. The lowest BCUT2D eigenvalue weighted by Crippen LogP contribution is -2.34. The van der Waals surface area contributed by atoms with Gasteiger partial charge in [0.05, 0.1) is 0 Å². The Hall–Kier alpha value is -1.51. The molecule has 3 nitrogen and oxygen atoms in total. The topological polar surface area (TPSA) is 32.3 Å². The van der Waals surface area contributed by atoms with Crippen LogP contribution in [0.2, 0.25) is 0 Å². The van der Waals surface area contributed by atoms with Gasteiger partial charge in [-0.05, 0) is 11.6 Å². The summed E-state index contributed by atoms with van der Waals surface area (Å²) in [5.74, 6) is 0.589. The number of benzene rings is 1. The van der Waals surface area contributed by atoms with Gasteiger partial charge in [-0.15, -0.1) is 0 Å². The molecule has 3 rings (SSSR count). The quantitative estimate of drug-likeness (QED) is 0.667. The Balaban J connectivity index is 2.06. The molecule has 0 radical (unpaired) electrons. The van der Waals surface area contributed by atoms with Crippen molar-refractivity contribution >= 4 is 11.6 Å². The average molecular weight is 188 g/mol. The number of rotatable bonds is 0. The van der Waals surface area contributed by atoms with Gasteiger partial charge in [0.1, 0.15) is 6.17 Å². The van der Waals surface area contributed by atoms with E-state index in [0.29, 0.717) is 12.3 Å². The van der Waals surface area contributed by atoms with E-state index in [0.717, 1.165) is 0 Å². The third kappa shape index (κ3) is 0.842. The first-order valence-electron chi connectivity index (χ1n) is 4.88. The number of amides is 1. The van der Waals surface area contributed by atoms with Crippen LogP contribution < -0.4 is 5.32 Å². The van der Waals surface area contributed by atoms with E-state index in [1.54, 1.807) is 0 Å². The molecular weight excluding hydrogens is 176 g/mol. The molecule has 3 heteroatoms. The Morgan fingerprint density at radius 2 is 2.21 bits per heavy atom. The Bertz CT molecular complexity index is 402. The molecule has 2 aliphatic heterocycles. The number of para-hydroxylation sites is 1. The molecule has 2 heterocycles. The van der Waals surface area contributed by atoms with Crippen molar-refractivity contribution in [3.63, 3.8) is 0 Å². The lowest BCUT2D eigenvalue weighted by Gasteiger charge is -2.19. The first-order chi connectivity index (χ1) is 6.77. The molecule has 0 unspecified atom stereocenters. The van der Waals surface area contributed by atoms with E-state index < -0.39 is 0 Å². The number of likely N-dealkylation sites (tertiary alicyclic amines) is 1. The van der Waals surface area contributed by atoms with Crippen molar-refractivity contribution in [1.29, 1.82) is 0 Å². The second-order valence-electron chi connectivity index (χ2n) is 3.99. The predicted molar refractivity (Wildman–Crippen MR) is 54.0 cm³/mol. The van der Waals surface area contributed by atoms with E-state index in [-0.39, 0.29) is 12.1 Å². The van der Waals surface area contributed by atoms with Gasteiger partial charge < -0.3 is 10.2 Å². The van der Waals surface area contributed by atoms with Gasteiger partial charge in [-0.3, -0.25) is 4.79 Å². The van der Waals surface area contributed by atoms with Crippen molar-refractivity contribution in [2.45, 2.75) is 18.5 Å². The van der Waals surface area contributed by atoms with Crippen molar-refractivity contribution < 1.29 is 4.79 Å². The summed E-state index contributed by atoms with van der Waals surface area (Å²) in [5, 5.41) is 3.38. The Labute approximate surface area is 82.7 Å². The number of hydrogen-bond donors (Lipinski definition) is 1. The highest BCUT2D eigenvalue weighted by molar-refractivity contribution is 5.83. The van der Waals surface area contributed by atoms with Crippen molar-refractivity contribution in [3.05, 3.63) is 29.8 Å². The fraction of sp³-hybridized carbons (Fsp3) is 0.364. The summed E-state index contributed by atoms with van der Waals surface area (Å²) in [4.78, 5) is 13.3. The Morgan fingerprint density at radius 1 is 1.43 bits per heavy atom. The standard InChI is InChI=1S/C11H12N2O/c1-13-10(14)6-8-7-4-2-3-5-9(7)12-11(8)13/h2-5,8,11-12H,6H2,1H3/t8-,11-/m0/s1. The number of hydrogen-bond acceptors (Lipinski definition) is 2. The van der Waals surface area contributed by atoms with Crippen LogP contribution in [0.5, 0.6) is 0 Å². The molecule has 0 aromatic heterocycles. The maximum absolute atomic E-state index is 11.5. The molecule has 1 aromatic carbocycles. The molecule has 2 aliphatic rings. The Morgan fingerprint density at radius 3 is 3.07 bits per heavy atom. The summed E-state index contributed by atoms with van der Waals surface area (Å²) in [7, 11) is 1.87. The van der Waals surface area contributed by atoms with E-state index in [1.165, 1.54) is 11.3 Å². The monoisotopic (exact) mass is 188 g/mol. The van der Waals surface area contributed by atoms with Gasteiger partial charge >= 0.3 is 0 Å². The summed E-state index contributed by atoms with van der Waals surface area (Å²) in [6, 6.07) is 8.24. The highest BCUT2D eigenvalue weighted by atomic mass is 16.2. The van der Waals surface area contributed by atoms with Crippen LogP contribution in [0.3, 0.4) is 0 Å². The lowest BCUT2D eigenvalue weighted by atomic mass is 9.99. The summed E-state index contributed by atoms with van der Waals surface area (Å²) in [6.07, 6.45) is 0.824. The molecular formula is C11H12N2O. The largest absolute Gasteiger partial charge is 0.364 e. The van der Waals surface area contributed by atoms with Gasteiger partial charge in [0.15, 0.2) is 0 Å². The zero-order valence-electron chi connectivity index (χ0n) is 8.03. The van der Waals surface area contributed by atoms with Gasteiger partial charge in [-0.1, -0.05) is 18.2 Å². The lowest BCUT2D eigenvalue weighted by molar-refractivity contribution is -0.127. The number of carbonyl (C=O) groups excluding carboxylic acids is 1. The molecule has 1 N–H and O–H groups in total. The van der Waals surface area contributed by atoms with Crippen molar-refractivity contribution in [2.24, 2.45) is 0 Å². The molecule has 1 saturated heterocycles. The highest BCUT2D eigenvalue weighted by Gasteiger charge is 2.43. The van der Waals surface area contributed by atoms with Crippen LogP contribution in [0, 0.1) is 0 Å². The number of fused-ring (bicyclic) bond motifs is 3. The molecule has 0 saturated carbocycles. The number of likely N-dealkylation sites (N-methyl/N-ethyl adjacent to an activating group) is 1. The number of carbonyl (C=O) groups is 1. The van der Waals surface area contributed by atoms with E-state index in [2.05, 4.69) is 17.4 Å². The van der Waals surface area contributed by atoms with E-state index in [4.69, 9.17) is 0 Å². The molecule has 0 spiro atoms. The second-order valence-corrected chi connectivity index (χ2v) is 3.99. The van der Waals surface area contributed by atoms with Crippen molar-refractivity contribution in [3.8, 4) is 0 Å². The fourth-order valence-electron chi connectivity index (χ4n) is 2.46. The van der Waals surface area contributed by atoms with Crippen molar-refractivity contribution in [1.82, 2.24) is 4.90 Å². The maximum atomic E-state index is 11.5. The maximum Gasteiger partial charge on any atom is 0.224 e. The minimum absolute atomic E-state index is 0.180. The molecule has 1 aromatic rings. The van der Waals surface area contributed by atoms with Crippen LogP contribution in [-0.2, 0) is 4.79 Å². The first-order valence-corrected chi connectivity index (χ1v) is 4.88. The van der Waals surface area contributed by atoms with E-state index in [1.807, 2.05) is 24.1 Å². The number of anilines is 1. The minimum atomic E-state index is 0.180. The van der Waals surface area contributed by atoms with Crippen LogP contribution in [0.1, 0.15) is 17.9 Å². The Kier molecular flexibility index (Phi) is 1.40. The second kappa shape index (κ2) is 2.50.